The molecule has 0 aliphatic heterocycles. The van der Waals surface area contributed by atoms with Crippen LogP contribution in [0.25, 0.3) is 17.1 Å². The number of ether oxygens (including phenoxy) is 4. The molecular weight excluding hydrogens is 362 g/mol. The Morgan fingerprint density at radius 3 is 2.43 bits per heavy atom. The van der Waals surface area contributed by atoms with E-state index in [9.17, 15) is 0 Å². The first-order chi connectivity index (χ1) is 13.7. The Bertz CT molecular complexity index is 1060. The van der Waals surface area contributed by atoms with Crippen LogP contribution >= 0.6 is 0 Å². The van der Waals surface area contributed by atoms with E-state index < -0.39 is 0 Å². The lowest BCUT2D eigenvalue weighted by atomic mass is 10.2. The number of methoxy groups -OCH3 is 3. The zero-order chi connectivity index (χ0) is 19.5. The summed E-state index contributed by atoms with van der Waals surface area (Å²) in [5.74, 6) is 2.86. The molecule has 0 fully saturated rings. The maximum absolute atomic E-state index is 6.04. The normalized spacial score (nSPS) is 10.8. The van der Waals surface area contributed by atoms with Crippen molar-refractivity contribution >= 4 is 5.65 Å². The third kappa shape index (κ3) is 3.20. The molecule has 0 N–H and O–H groups in total. The summed E-state index contributed by atoms with van der Waals surface area (Å²) in [6.07, 6.45) is 3.27. The number of benzene rings is 1. The van der Waals surface area contributed by atoms with Gasteiger partial charge in [-0.05, 0) is 29.8 Å². The fourth-order valence-electron chi connectivity index (χ4n) is 2.91. The van der Waals surface area contributed by atoms with Gasteiger partial charge in [-0.2, -0.15) is 9.61 Å². The smallest absolute Gasteiger partial charge is 0.219 e. The van der Waals surface area contributed by atoms with E-state index in [2.05, 4.69) is 10.1 Å². The molecule has 4 rings (SSSR count). The predicted molar refractivity (Wildman–Crippen MR) is 101 cm³/mol. The lowest BCUT2D eigenvalue weighted by Gasteiger charge is -2.15. The zero-order valence-corrected chi connectivity index (χ0v) is 15.7. The molecule has 0 spiro atoms. The summed E-state index contributed by atoms with van der Waals surface area (Å²) >= 11 is 0. The van der Waals surface area contributed by atoms with Crippen LogP contribution in [-0.2, 0) is 6.61 Å². The summed E-state index contributed by atoms with van der Waals surface area (Å²) in [7, 11) is 4.72. The highest BCUT2D eigenvalue weighted by atomic mass is 16.5. The van der Waals surface area contributed by atoms with E-state index in [1.54, 1.807) is 50.4 Å². The Balaban J connectivity index is 1.67. The highest BCUT2D eigenvalue weighted by Gasteiger charge is 2.15. The van der Waals surface area contributed by atoms with Crippen LogP contribution in [0.4, 0.5) is 0 Å². The van der Waals surface area contributed by atoms with E-state index in [1.807, 2.05) is 24.3 Å². The van der Waals surface area contributed by atoms with E-state index in [0.29, 0.717) is 40.2 Å². The van der Waals surface area contributed by atoms with E-state index in [0.717, 1.165) is 5.56 Å². The van der Waals surface area contributed by atoms with Crippen molar-refractivity contribution in [3.05, 3.63) is 54.4 Å². The third-order valence-corrected chi connectivity index (χ3v) is 4.21. The lowest BCUT2D eigenvalue weighted by molar-refractivity contribution is 0.281. The van der Waals surface area contributed by atoms with Crippen molar-refractivity contribution in [2.75, 3.05) is 21.3 Å². The van der Waals surface area contributed by atoms with Gasteiger partial charge < -0.3 is 23.4 Å². The van der Waals surface area contributed by atoms with E-state index in [-0.39, 0.29) is 6.61 Å². The summed E-state index contributed by atoms with van der Waals surface area (Å²) in [6.45, 7) is 0.271. The molecule has 3 aromatic heterocycles. The van der Waals surface area contributed by atoms with Crippen molar-refractivity contribution in [3.8, 4) is 34.6 Å². The van der Waals surface area contributed by atoms with Crippen LogP contribution < -0.4 is 18.9 Å². The van der Waals surface area contributed by atoms with E-state index in [4.69, 9.17) is 23.4 Å². The van der Waals surface area contributed by atoms with Crippen molar-refractivity contribution in [3.63, 3.8) is 0 Å². The van der Waals surface area contributed by atoms with Crippen molar-refractivity contribution in [1.29, 1.82) is 0 Å². The minimum atomic E-state index is 0.271. The average Bonchev–Trinajstić information content (AvgIpc) is 3.42. The summed E-state index contributed by atoms with van der Waals surface area (Å²) in [5.41, 5.74) is 2.18. The van der Waals surface area contributed by atoms with Gasteiger partial charge in [-0.15, -0.1) is 0 Å². The van der Waals surface area contributed by atoms with Gasteiger partial charge in [0.05, 0.1) is 33.8 Å². The van der Waals surface area contributed by atoms with Gasteiger partial charge in [0.2, 0.25) is 11.6 Å². The Morgan fingerprint density at radius 1 is 1.00 bits per heavy atom. The molecular formula is C20H19N3O5. The van der Waals surface area contributed by atoms with Gasteiger partial charge in [0, 0.05) is 12.1 Å². The number of nitrogens with zero attached hydrogens (tertiary/aromatic N) is 3. The monoisotopic (exact) mass is 381 g/mol. The molecule has 0 unspecified atom stereocenters. The summed E-state index contributed by atoms with van der Waals surface area (Å²) < 4.78 is 29.3. The van der Waals surface area contributed by atoms with Crippen molar-refractivity contribution < 1.29 is 23.4 Å². The second-order valence-electron chi connectivity index (χ2n) is 5.88. The summed E-state index contributed by atoms with van der Waals surface area (Å²) in [5, 5.41) is 4.28. The quantitative estimate of drug-likeness (QED) is 0.484. The molecule has 8 heteroatoms. The molecule has 0 saturated heterocycles. The van der Waals surface area contributed by atoms with Gasteiger partial charge in [0.25, 0.3) is 0 Å². The maximum atomic E-state index is 6.04. The first-order valence-electron chi connectivity index (χ1n) is 8.54. The van der Waals surface area contributed by atoms with Crippen LogP contribution in [0, 0.1) is 0 Å². The minimum Gasteiger partial charge on any atom is -0.493 e. The van der Waals surface area contributed by atoms with Crippen LogP contribution in [0.2, 0.25) is 0 Å². The standard InChI is InChI=1S/C20H19N3O5/c1-24-16-9-13(10-17(25-2)20(16)26-3)12-28-19-11-14(15-5-4-8-27-15)22-18-6-7-21-23(18)19/h4-11H,12H2,1-3H3. The molecule has 0 aliphatic carbocycles. The molecule has 0 saturated carbocycles. The van der Waals surface area contributed by atoms with Crippen molar-refractivity contribution in [2.24, 2.45) is 0 Å². The van der Waals surface area contributed by atoms with Crippen LogP contribution in [0.1, 0.15) is 5.56 Å². The number of fused-ring (bicyclic) bond motifs is 1. The van der Waals surface area contributed by atoms with Crippen molar-refractivity contribution in [2.45, 2.75) is 6.61 Å². The van der Waals surface area contributed by atoms with Gasteiger partial charge >= 0.3 is 0 Å². The highest BCUT2D eigenvalue weighted by Crippen LogP contribution is 2.38. The van der Waals surface area contributed by atoms with E-state index >= 15 is 0 Å². The molecule has 8 nitrogen and oxygen atoms in total. The van der Waals surface area contributed by atoms with Gasteiger partial charge in [-0.25, -0.2) is 4.98 Å². The van der Waals surface area contributed by atoms with E-state index in [1.165, 1.54) is 0 Å². The first kappa shape index (κ1) is 17.7. The minimum absolute atomic E-state index is 0.271. The molecule has 3 heterocycles. The van der Waals surface area contributed by atoms with Gasteiger partial charge in [0.1, 0.15) is 12.3 Å². The lowest BCUT2D eigenvalue weighted by Crippen LogP contribution is -2.04. The van der Waals surface area contributed by atoms with Gasteiger partial charge in [0.15, 0.2) is 22.9 Å². The topological polar surface area (TPSA) is 80.3 Å². The fraction of sp³-hybridized carbons (Fsp3) is 0.200. The maximum Gasteiger partial charge on any atom is 0.219 e. The molecule has 0 aliphatic rings. The largest absolute Gasteiger partial charge is 0.493 e. The second kappa shape index (κ2) is 7.51. The molecule has 0 radical (unpaired) electrons. The average molecular weight is 381 g/mol. The summed E-state index contributed by atoms with van der Waals surface area (Å²) in [6, 6.07) is 10.9. The molecule has 0 amide bonds. The second-order valence-corrected chi connectivity index (χ2v) is 5.88. The Hall–Kier alpha value is -3.68. The molecule has 144 valence electrons. The Morgan fingerprint density at radius 2 is 1.79 bits per heavy atom. The third-order valence-electron chi connectivity index (χ3n) is 4.21. The Kier molecular flexibility index (Phi) is 4.76. The van der Waals surface area contributed by atoms with Gasteiger partial charge in [-0.1, -0.05) is 0 Å². The number of aromatic nitrogens is 3. The molecule has 4 aromatic rings. The number of hydrogen-bond donors (Lipinski definition) is 0. The highest BCUT2D eigenvalue weighted by molar-refractivity contribution is 5.58. The molecule has 0 atom stereocenters. The zero-order valence-electron chi connectivity index (χ0n) is 15.7. The van der Waals surface area contributed by atoms with Gasteiger partial charge in [-0.3, -0.25) is 0 Å². The van der Waals surface area contributed by atoms with Crippen molar-refractivity contribution in [1.82, 2.24) is 14.6 Å². The van der Waals surface area contributed by atoms with Crippen LogP contribution in [-0.4, -0.2) is 35.9 Å². The number of furan rings is 1. The SMILES string of the molecule is COc1cc(COc2cc(-c3ccco3)nc3ccnn23)cc(OC)c1OC. The summed E-state index contributed by atoms with van der Waals surface area (Å²) in [4.78, 5) is 4.54. The first-order valence-corrected chi connectivity index (χ1v) is 8.54. The van der Waals surface area contributed by atoms with Crippen LogP contribution in [0.5, 0.6) is 23.1 Å². The number of hydrogen-bond acceptors (Lipinski definition) is 7. The van der Waals surface area contributed by atoms with Crippen LogP contribution in [0.3, 0.4) is 0 Å². The molecule has 0 bridgehead atoms. The van der Waals surface area contributed by atoms with Crippen LogP contribution in [0.15, 0.2) is 53.3 Å². The number of rotatable bonds is 7. The Labute approximate surface area is 161 Å². The predicted octanol–water partition coefficient (Wildman–Crippen LogP) is 3.59. The molecule has 28 heavy (non-hydrogen) atoms. The fourth-order valence-corrected chi connectivity index (χ4v) is 2.91. The molecule has 1 aromatic carbocycles.